The molecule has 0 saturated carbocycles. The summed E-state index contributed by atoms with van der Waals surface area (Å²) in [6.45, 7) is 8.30. The lowest BCUT2D eigenvalue weighted by atomic mass is 9.86. The van der Waals surface area contributed by atoms with Gasteiger partial charge in [0.2, 0.25) is 0 Å². The number of carbonyl (C=O) groups excluding carboxylic acids is 1. The van der Waals surface area contributed by atoms with Crippen molar-refractivity contribution in [3.63, 3.8) is 0 Å². The summed E-state index contributed by atoms with van der Waals surface area (Å²) in [5, 5.41) is 21.9. The predicted octanol–water partition coefficient (Wildman–Crippen LogP) is 2.68. The summed E-state index contributed by atoms with van der Waals surface area (Å²) in [7, 11) is 0. The van der Waals surface area contributed by atoms with Crippen LogP contribution in [0, 0.1) is 20.8 Å². The van der Waals surface area contributed by atoms with E-state index in [2.05, 4.69) is 5.32 Å². The number of benzene rings is 1. The second kappa shape index (κ2) is 7.43. The van der Waals surface area contributed by atoms with Crippen LogP contribution >= 0.6 is 0 Å². The summed E-state index contributed by atoms with van der Waals surface area (Å²) in [5.41, 5.74) is 2.67. The highest BCUT2D eigenvalue weighted by Gasteiger charge is 2.40. The van der Waals surface area contributed by atoms with Crippen molar-refractivity contribution in [1.82, 2.24) is 5.32 Å². The van der Waals surface area contributed by atoms with E-state index in [9.17, 15) is 9.90 Å². The number of ether oxygens (including phenoxy) is 1. The number of carbonyl (C=O) groups is 1. The Morgan fingerprint density at radius 1 is 1.17 bits per heavy atom. The summed E-state index contributed by atoms with van der Waals surface area (Å²) < 4.78 is 6.14. The van der Waals surface area contributed by atoms with Gasteiger partial charge in [0.15, 0.2) is 5.60 Å². The average Bonchev–Trinajstić information content (AvgIpc) is 2.57. The zero-order chi connectivity index (χ0) is 17.9. The summed E-state index contributed by atoms with van der Waals surface area (Å²) >= 11 is 0. The molecular weight excluding hydrogens is 306 g/mol. The minimum absolute atomic E-state index is 0.0973. The smallest absolute Gasteiger partial charge is 0.263 e. The Kier molecular flexibility index (Phi) is 5.75. The minimum atomic E-state index is -0.884. The Bertz CT molecular complexity index is 627. The van der Waals surface area contributed by atoms with E-state index in [1.54, 1.807) is 0 Å². The number of phenolic OH excluding ortho intramolecular Hbond substituents is 1. The van der Waals surface area contributed by atoms with Gasteiger partial charge in [0, 0.05) is 25.1 Å². The highest BCUT2D eigenvalue weighted by atomic mass is 16.5. The minimum Gasteiger partial charge on any atom is -0.507 e. The van der Waals surface area contributed by atoms with Crippen LogP contribution in [0.3, 0.4) is 0 Å². The first kappa shape index (κ1) is 18.6. The maximum Gasteiger partial charge on any atom is 0.263 e. The molecule has 0 bridgehead atoms. The van der Waals surface area contributed by atoms with Gasteiger partial charge in [-0.2, -0.15) is 0 Å². The van der Waals surface area contributed by atoms with Crippen molar-refractivity contribution in [2.75, 3.05) is 13.2 Å². The van der Waals surface area contributed by atoms with Gasteiger partial charge in [0.25, 0.3) is 5.91 Å². The van der Waals surface area contributed by atoms with E-state index in [1.165, 1.54) is 0 Å². The number of aliphatic hydroxyl groups excluding tert-OH is 1. The Morgan fingerprint density at radius 2 is 1.88 bits per heavy atom. The van der Waals surface area contributed by atoms with Crippen LogP contribution in [0.4, 0.5) is 0 Å². The fraction of sp³-hybridized carbons (Fsp3) is 0.632. The second-order valence-corrected chi connectivity index (χ2v) is 6.90. The number of phenols is 1. The zero-order valence-electron chi connectivity index (χ0n) is 15.2. The second-order valence-electron chi connectivity index (χ2n) is 6.90. The Labute approximate surface area is 144 Å². The van der Waals surface area contributed by atoms with Gasteiger partial charge in [-0.05, 0) is 70.1 Å². The molecule has 1 atom stereocenters. The third-order valence-electron chi connectivity index (χ3n) is 5.12. The molecule has 0 radical (unpaired) electrons. The molecule has 24 heavy (non-hydrogen) atoms. The molecule has 1 aliphatic heterocycles. The number of hydrogen-bond donors (Lipinski definition) is 3. The molecule has 0 saturated heterocycles. The molecule has 0 aliphatic carbocycles. The Balaban J connectivity index is 2.12. The van der Waals surface area contributed by atoms with Crippen LogP contribution < -0.4 is 10.1 Å². The van der Waals surface area contributed by atoms with Crippen LogP contribution in [0.5, 0.6) is 11.5 Å². The van der Waals surface area contributed by atoms with Crippen molar-refractivity contribution in [3.05, 3.63) is 22.3 Å². The molecule has 1 heterocycles. The SMILES string of the molecule is Cc1c(C)c2c(c(C)c1O)CCC(C)(C(=O)NCCCCCO)O2. The van der Waals surface area contributed by atoms with E-state index in [4.69, 9.17) is 9.84 Å². The van der Waals surface area contributed by atoms with Crippen LogP contribution in [0.15, 0.2) is 0 Å². The number of unbranched alkanes of at least 4 members (excludes halogenated alkanes) is 2. The summed E-state index contributed by atoms with van der Waals surface area (Å²) in [4.78, 5) is 12.6. The largest absolute Gasteiger partial charge is 0.507 e. The first-order chi connectivity index (χ1) is 11.3. The molecule has 1 amide bonds. The molecule has 0 fully saturated rings. The fourth-order valence-electron chi connectivity index (χ4n) is 3.21. The van der Waals surface area contributed by atoms with Crippen LogP contribution in [0.1, 0.15) is 54.9 Å². The number of aromatic hydroxyl groups is 1. The number of hydrogen-bond acceptors (Lipinski definition) is 4. The molecule has 1 unspecified atom stereocenters. The quantitative estimate of drug-likeness (QED) is 0.699. The molecule has 3 N–H and O–H groups in total. The molecule has 5 heteroatoms. The first-order valence-corrected chi connectivity index (χ1v) is 8.71. The van der Waals surface area contributed by atoms with Crippen LogP contribution in [-0.4, -0.2) is 34.9 Å². The molecule has 0 aromatic heterocycles. The van der Waals surface area contributed by atoms with E-state index in [-0.39, 0.29) is 12.5 Å². The van der Waals surface area contributed by atoms with Gasteiger partial charge >= 0.3 is 0 Å². The van der Waals surface area contributed by atoms with Gasteiger partial charge in [-0.15, -0.1) is 0 Å². The van der Waals surface area contributed by atoms with Crippen molar-refractivity contribution in [3.8, 4) is 11.5 Å². The number of fused-ring (bicyclic) bond motifs is 1. The number of nitrogens with one attached hydrogen (secondary N) is 1. The van der Waals surface area contributed by atoms with Crippen molar-refractivity contribution >= 4 is 5.91 Å². The van der Waals surface area contributed by atoms with Crippen molar-refractivity contribution in [2.45, 2.75) is 65.4 Å². The molecule has 1 aromatic rings. The third kappa shape index (κ3) is 3.51. The van der Waals surface area contributed by atoms with E-state index < -0.39 is 5.60 Å². The topological polar surface area (TPSA) is 78.8 Å². The van der Waals surface area contributed by atoms with Crippen LogP contribution in [-0.2, 0) is 11.2 Å². The Hall–Kier alpha value is -1.75. The molecule has 0 spiro atoms. The summed E-state index contributed by atoms with van der Waals surface area (Å²) in [5.74, 6) is 0.971. The fourth-order valence-corrected chi connectivity index (χ4v) is 3.21. The molecule has 2 rings (SSSR count). The lowest BCUT2D eigenvalue weighted by molar-refractivity contribution is -0.136. The van der Waals surface area contributed by atoms with Gasteiger partial charge in [-0.3, -0.25) is 4.79 Å². The van der Waals surface area contributed by atoms with Crippen molar-refractivity contribution in [1.29, 1.82) is 0 Å². The van der Waals surface area contributed by atoms with Gasteiger partial charge in [0.1, 0.15) is 11.5 Å². The van der Waals surface area contributed by atoms with Crippen LogP contribution in [0.2, 0.25) is 0 Å². The van der Waals surface area contributed by atoms with Crippen LogP contribution in [0.25, 0.3) is 0 Å². The molecular formula is C19H29NO4. The van der Waals surface area contributed by atoms with E-state index >= 15 is 0 Å². The molecule has 134 valence electrons. The summed E-state index contributed by atoms with van der Waals surface area (Å²) in [6.07, 6.45) is 3.81. The van der Waals surface area contributed by atoms with Gasteiger partial charge in [0.05, 0.1) is 0 Å². The van der Waals surface area contributed by atoms with Crippen molar-refractivity contribution < 1.29 is 19.7 Å². The summed E-state index contributed by atoms with van der Waals surface area (Å²) in [6, 6.07) is 0. The first-order valence-electron chi connectivity index (χ1n) is 8.71. The molecule has 5 nitrogen and oxygen atoms in total. The highest BCUT2D eigenvalue weighted by Crippen LogP contribution is 2.43. The maximum absolute atomic E-state index is 12.6. The number of rotatable bonds is 6. The third-order valence-corrected chi connectivity index (χ3v) is 5.12. The van der Waals surface area contributed by atoms with Gasteiger partial charge in [-0.1, -0.05) is 0 Å². The number of aliphatic hydroxyl groups is 1. The number of amides is 1. The molecule has 1 aliphatic rings. The monoisotopic (exact) mass is 335 g/mol. The van der Waals surface area contributed by atoms with Gasteiger partial charge < -0.3 is 20.3 Å². The lowest BCUT2D eigenvalue weighted by Gasteiger charge is -2.36. The Morgan fingerprint density at radius 3 is 2.54 bits per heavy atom. The maximum atomic E-state index is 12.6. The average molecular weight is 335 g/mol. The normalized spacial score (nSPS) is 19.5. The highest BCUT2D eigenvalue weighted by molar-refractivity contribution is 5.85. The zero-order valence-corrected chi connectivity index (χ0v) is 15.2. The molecule has 1 aromatic carbocycles. The van der Waals surface area contributed by atoms with Crippen molar-refractivity contribution in [2.24, 2.45) is 0 Å². The standard InChI is InChI=1S/C19H29NO4/c1-12-13(2)17-15(14(3)16(12)22)8-9-19(4,24-17)18(23)20-10-6-5-7-11-21/h21-22H,5-11H2,1-4H3,(H,20,23). The predicted molar refractivity (Wildman–Crippen MR) is 93.6 cm³/mol. The lowest BCUT2D eigenvalue weighted by Crippen LogP contribution is -2.51. The van der Waals surface area contributed by atoms with E-state index in [0.29, 0.717) is 25.1 Å². The van der Waals surface area contributed by atoms with E-state index in [1.807, 2.05) is 27.7 Å². The van der Waals surface area contributed by atoms with E-state index in [0.717, 1.165) is 47.3 Å². The van der Waals surface area contributed by atoms with Gasteiger partial charge in [-0.25, -0.2) is 0 Å².